The molecule has 0 bridgehead atoms. The van der Waals surface area contributed by atoms with E-state index >= 15 is 0 Å². The van der Waals surface area contributed by atoms with E-state index < -0.39 is 10.1 Å². The maximum absolute atomic E-state index is 9.19. The van der Waals surface area contributed by atoms with Gasteiger partial charge in [0.1, 0.15) is 0 Å². The molecule has 0 saturated heterocycles. The number of rotatable bonds is 15. The van der Waals surface area contributed by atoms with Crippen LogP contribution in [0.2, 0.25) is 0 Å². The molecule has 1 heterocycles. The second-order valence-corrected chi connectivity index (χ2v) is 9.06. The maximum atomic E-state index is 9.19. The molecule has 0 aliphatic carbocycles. The molecular weight excluding hydrogens is 358 g/mol. The highest BCUT2D eigenvalue weighted by Gasteiger charge is 1.99. The van der Waals surface area contributed by atoms with Gasteiger partial charge in [0.15, 0.2) is 0 Å². The number of unbranched alkanes of at least 4 members (excludes halogenated alkanes) is 13. The summed E-state index contributed by atoms with van der Waals surface area (Å²) >= 11 is 0. The van der Waals surface area contributed by atoms with Gasteiger partial charge in [-0.1, -0.05) is 103 Å². The summed E-state index contributed by atoms with van der Waals surface area (Å²) in [5, 5.41) is 0. The summed E-state index contributed by atoms with van der Waals surface area (Å²) in [7, 11) is -3.67. The first-order chi connectivity index (χ1) is 12.9. The molecule has 160 valence electrons. The van der Waals surface area contributed by atoms with Crippen molar-refractivity contribution in [2.45, 2.75) is 96.8 Å². The molecule has 0 aromatic carbocycles. The summed E-state index contributed by atoms with van der Waals surface area (Å²) in [6, 6.07) is 0. The van der Waals surface area contributed by atoms with Crippen molar-refractivity contribution in [1.82, 2.24) is 4.90 Å². The molecule has 4 nitrogen and oxygen atoms in total. The Labute approximate surface area is 168 Å². The van der Waals surface area contributed by atoms with Crippen LogP contribution in [0.1, 0.15) is 96.8 Å². The highest BCUT2D eigenvalue weighted by Crippen LogP contribution is 2.13. The molecule has 1 N–H and O–H groups in total. The Hall–Kier alpha value is -0.810. The van der Waals surface area contributed by atoms with Gasteiger partial charge in [0.2, 0.25) is 0 Å². The monoisotopic (exact) mass is 401 g/mol. The van der Waals surface area contributed by atoms with Crippen molar-refractivity contribution in [3.8, 4) is 0 Å². The molecule has 1 aliphatic heterocycles. The van der Waals surface area contributed by atoms with Gasteiger partial charge in [-0.15, -0.1) is 0 Å². The second-order valence-electron chi connectivity index (χ2n) is 7.59. The molecule has 0 saturated carbocycles. The Balaban J connectivity index is 0.00000119. The standard InChI is InChI=1S/C21H39N.CH4O3S/c1-2-3-4-5-6-7-8-9-10-11-12-13-14-16-19-22-20-17-15-18-21-22;1-5(2,3)4/h15,17-18,20H,2-14,16,19,21H2,1H3;1H3,(H,2,3,4). The average molecular weight is 402 g/mol. The molecule has 1 aliphatic rings. The van der Waals surface area contributed by atoms with Gasteiger partial charge in [-0.25, -0.2) is 0 Å². The van der Waals surface area contributed by atoms with Crippen LogP contribution in [0.4, 0.5) is 0 Å². The third-order valence-electron chi connectivity index (χ3n) is 4.68. The molecule has 0 aromatic heterocycles. The van der Waals surface area contributed by atoms with Crippen LogP contribution in [0.5, 0.6) is 0 Å². The van der Waals surface area contributed by atoms with Gasteiger partial charge >= 0.3 is 0 Å². The zero-order valence-electron chi connectivity index (χ0n) is 17.7. The van der Waals surface area contributed by atoms with Gasteiger partial charge in [0, 0.05) is 13.1 Å². The topological polar surface area (TPSA) is 57.6 Å². The Morgan fingerprint density at radius 3 is 1.56 bits per heavy atom. The van der Waals surface area contributed by atoms with Crippen molar-refractivity contribution in [2.24, 2.45) is 0 Å². The van der Waals surface area contributed by atoms with Gasteiger partial charge in [-0.3, -0.25) is 4.55 Å². The predicted octanol–water partition coefficient (Wildman–Crippen LogP) is 6.36. The zero-order valence-corrected chi connectivity index (χ0v) is 18.6. The fourth-order valence-electron chi connectivity index (χ4n) is 3.18. The van der Waals surface area contributed by atoms with Crippen molar-refractivity contribution in [1.29, 1.82) is 0 Å². The minimum absolute atomic E-state index is 0.715. The Bertz CT molecular complexity index is 464. The van der Waals surface area contributed by atoms with Gasteiger partial charge in [-0.2, -0.15) is 8.42 Å². The lowest BCUT2D eigenvalue weighted by molar-refractivity contribution is 0.392. The quantitative estimate of drug-likeness (QED) is 0.256. The highest BCUT2D eigenvalue weighted by molar-refractivity contribution is 7.85. The van der Waals surface area contributed by atoms with E-state index in [0.29, 0.717) is 6.26 Å². The maximum Gasteiger partial charge on any atom is 0.261 e. The van der Waals surface area contributed by atoms with Gasteiger partial charge in [0.05, 0.1) is 6.26 Å². The lowest BCUT2D eigenvalue weighted by Gasteiger charge is -2.20. The molecular formula is C22H43NO3S. The summed E-state index contributed by atoms with van der Waals surface area (Å²) in [4.78, 5) is 2.42. The predicted molar refractivity (Wildman–Crippen MR) is 118 cm³/mol. The minimum Gasteiger partial charge on any atom is -0.374 e. The lowest BCUT2D eigenvalue weighted by atomic mass is 10.0. The molecule has 0 unspecified atom stereocenters. The van der Waals surface area contributed by atoms with E-state index in [-0.39, 0.29) is 0 Å². The Morgan fingerprint density at radius 2 is 1.19 bits per heavy atom. The van der Waals surface area contributed by atoms with Gasteiger partial charge in [-0.05, 0) is 18.7 Å². The second kappa shape index (κ2) is 18.5. The number of nitrogens with zero attached hydrogens (tertiary/aromatic N) is 1. The van der Waals surface area contributed by atoms with Crippen molar-refractivity contribution in [3.63, 3.8) is 0 Å². The van der Waals surface area contributed by atoms with E-state index in [9.17, 15) is 8.42 Å². The van der Waals surface area contributed by atoms with E-state index in [1.807, 2.05) is 0 Å². The fraction of sp³-hybridized carbons (Fsp3) is 0.818. The number of hydrogen-bond acceptors (Lipinski definition) is 3. The smallest absolute Gasteiger partial charge is 0.261 e. The molecule has 0 spiro atoms. The normalized spacial score (nSPS) is 13.5. The van der Waals surface area contributed by atoms with Crippen LogP contribution in [0, 0.1) is 0 Å². The molecule has 0 atom stereocenters. The molecule has 5 heteroatoms. The van der Waals surface area contributed by atoms with Crippen LogP contribution in [0.3, 0.4) is 0 Å². The molecule has 0 radical (unpaired) electrons. The summed E-state index contributed by atoms with van der Waals surface area (Å²) in [5.74, 6) is 0. The SMILES string of the molecule is CCCCCCCCCCCCCCCCN1C=CC=CC1.CS(=O)(=O)O. The van der Waals surface area contributed by atoms with Crippen LogP contribution in [0.15, 0.2) is 24.4 Å². The molecule has 0 aromatic rings. The van der Waals surface area contributed by atoms with E-state index in [4.69, 9.17) is 4.55 Å². The summed E-state index contributed by atoms with van der Waals surface area (Å²) < 4.78 is 25.9. The van der Waals surface area contributed by atoms with Crippen molar-refractivity contribution in [3.05, 3.63) is 24.4 Å². The number of allylic oxidation sites excluding steroid dienone is 2. The first-order valence-electron chi connectivity index (χ1n) is 10.9. The minimum atomic E-state index is -3.67. The van der Waals surface area contributed by atoms with Gasteiger partial charge in [0.25, 0.3) is 10.1 Å². The van der Waals surface area contributed by atoms with E-state index in [1.54, 1.807) is 0 Å². The van der Waals surface area contributed by atoms with Crippen LogP contribution < -0.4 is 0 Å². The Kier molecular flexibility index (Phi) is 18.0. The highest BCUT2D eigenvalue weighted by atomic mass is 32.2. The first-order valence-corrected chi connectivity index (χ1v) is 12.8. The van der Waals surface area contributed by atoms with E-state index in [1.165, 1.54) is 96.4 Å². The molecule has 0 amide bonds. The van der Waals surface area contributed by atoms with Gasteiger partial charge < -0.3 is 4.90 Å². The molecule has 0 fully saturated rings. The summed E-state index contributed by atoms with van der Waals surface area (Å²) in [6.07, 6.45) is 29.7. The van der Waals surface area contributed by atoms with Crippen molar-refractivity contribution in [2.75, 3.05) is 19.3 Å². The van der Waals surface area contributed by atoms with Crippen molar-refractivity contribution >= 4 is 10.1 Å². The third kappa shape index (κ3) is 25.2. The lowest BCUT2D eigenvalue weighted by Crippen LogP contribution is -2.19. The summed E-state index contributed by atoms with van der Waals surface area (Å²) in [5.41, 5.74) is 0. The van der Waals surface area contributed by atoms with Crippen LogP contribution in [-0.4, -0.2) is 37.2 Å². The Morgan fingerprint density at radius 1 is 0.778 bits per heavy atom. The first kappa shape index (κ1) is 26.2. The van der Waals surface area contributed by atoms with E-state index in [0.717, 1.165) is 6.54 Å². The van der Waals surface area contributed by atoms with Crippen molar-refractivity contribution < 1.29 is 13.0 Å². The third-order valence-corrected chi connectivity index (χ3v) is 4.68. The van der Waals surface area contributed by atoms with E-state index in [2.05, 4.69) is 36.3 Å². The van der Waals surface area contributed by atoms with Crippen LogP contribution >= 0.6 is 0 Å². The average Bonchev–Trinajstić information content (AvgIpc) is 2.61. The molecule has 1 rings (SSSR count). The van der Waals surface area contributed by atoms with Crippen LogP contribution in [0.25, 0.3) is 0 Å². The summed E-state index contributed by atoms with van der Waals surface area (Å²) in [6.45, 7) is 4.63. The molecule has 27 heavy (non-hydrogen) atoms. The fourth-order valence-corrected chi connectivity index (χ4v) is 3.18. The number of hydrogen-bond donors (Lipinski definition) is 1. The van der Waals surface area contributed by atoms with Crippen LogP contribution in [-0.2, 0) is 10.1 Å². The largest absolute Gasteiger partial charge is 0.374 e. The zero-order chi connectivity index (χ0) is 20.2.